The van der Waals surface area contributed by atoms with Crippen molar-refractivity contribution in [3.8, 4) is 6.07 Å². The molecule has 2 aromatic rings. The molecule has 6 nitrogen and oxygen atoms in total. The second-order valence-corrected chi connectivity index (χ2v) is 9.85. The van der Waals surface area contributed by atoms with Gasteiger partial charge >= 0.3 is 0 Å². The van der Waals surface area contributed by atoms with Gasteiger partial charge in [-0.3, -0.25) is 4.55 Å². The second-order valence-electron chi connectivity index (χ2n) is 8.27. The van der Waals surface area contributed by atoms with E-state index in [0.29, 0.717) is 25.0 Å². The standard InChI is InChI=1S/C26H35N3O3S/c1-3-5-16-29(17-6-4-2)26-11-9-23(10-12-26)21-25(22-27)24-13-18-28(19-14-24)15-7-8-20-33(30,31)32/h9-14,18-19,21H,3-8,15-17,20H2,1-2H3/p+1. The monoisotopic (exact) mass is 470 g/mol. The number of nitriles is 1. The Morgan fingerprint density at radius 1 is 1.00 bits per heavy atom. The van der Waals surface area contributed by atoms with Crippen LogP contribution in [0.25, 0.3) is 11.6 Å². The fourth-order valence-electron chi connectivity index (χ4n) is 3.56. The molecule has 0 radical (unpaired) electrons. The molecule has 0 aliphatic heterocycles. The van der Waals surface area contributed by atoms with Gasteiger partial charge in [0.05, 0.1) is 17.4 Å². The number of nitrogens with zero attached hydrogens (tertiary/aromatic N) is 3. The van der Waals surface area contributed by atoms with Crippen LogP contribution in [0, 0.1) is 11.3 Å². The van der Waals surface area contributed by atoms with Crippen LogP contribution in [0.5, 0.6) is 0 Å². The van der Waals surface area contributed by atoms with Crippen molar-refractivity contribution in [3.63, 3.8) is 0 Å². The van der Waals surface area contributed by atoms with E-state index in [1.165, 1.54) is 31.4 Å². The Labute approximate surface area is 198 Å². The molecule has 0 amide bonds. The van der Waals surface area contributed by atoms with E-state index in [1.54, 1.807) is 0 Å². The van der Waals surface area contributed by atoms with Crippen molar-refractivity contribution >= 4 is 27.5 Å². The highest BCUT2D eigenvalue weighted by Crippen LogP contribution is 2.21. The zero-order chi connectivity index (χ0) is 24.1. The van der Waals surface area contributed by atoms with Crippen molar-refractivity contribution < 1.29 is 17.5 Å². The van der Waals surface area contributed by atoms with Gasteiger partial charge in [0.1, 0.15) is 6.54 Å². The fraction of sp³-hybridized carbons (Fsp3) is 0.462. The molecule has 0 bridgehead atoms. The number of aromatic nitrogens is 1. The molecule has 0 unspecified atom stereocenters. The van der Waals surface area contributed by atoms with E-state index in [4.69, 9.17) is 4.55 Å². The number of pyridine rings is 1. The predicted octanol–water partition coefficient (Wildman–Crippen LogP) is 5.11. The lowest BCUT2D eigenvalue weighted by Gasteiger charge is -2.24. The Balaban J connectivity index is 2.05. The lowest BCUT2D eigenvalue weighted by atomic mass is 10.0. The molecule has 1 heterocycles. The van der Waals surface area contributed by atoms with Crippen LogP contribution in [-0.4, -0.2) is 31.8 Å². The molecule has 1 aromatic carbocycles. The summed E-state index contributed by atoms with van der Waals surface area (Å²) in [5.74, 6) is -0.222. The smallest absolute Gasteiger partial charge is 0.264 e. The summed E-state index contributed by atoms with van der Waals surface area (Å²) in [6.45, 7) is 7.20. The molecule has 0 fully saturated rings. The summed E-state index contributed by atoms with van der Waals surface area (Å²) >= 11 is 0. The minimum Gasteiger partial charge on any atom is -0.372 e. The lowest BCUT2D eigenvalue weighted by molar-refractivity contribution is -0.697. The van der Waals surface area contributed by atoms with Crippen LogP contribution in [0.3, 0.4) is 0 Å². The molecule has 0 spiro atoms. The molecule has 1 N–H and O–H groups in total. The number of aryl methyl sites for hydroxylation is 1. The van der Waals surface area contributed by atoms with Crippen molar-refractivity contribution in [3.05, 3.63) is 59.9 Å². The first-order valence-electron chi connectivity index (χ1n) is 11.8. The third kappa shape index (κ3) is 9.77. The molecule has 33 heavy (non-hydrogen) atoms. The quantitative estimate of drug-likeness (QED) is 0.179. The van der Waals surface area contributed by atoms with E-state index in [-0.39, 0.29) is 5.75 Å². The molecule has 7 heteroatoms. The lowest BCUT2D eigenvalue weighted by Crippen LogP contribution is -2.32. The molecule has 0 atom stereocenters. The van der Waals surface area contributed by atoms with Gasteiger partial charge in [0.2, 0.25) is 0 Å². The van der Waals surface area contributed by atoms with E-state index in [2.05, 4.69) is 49.1 Å². The minimum atomic E-state index is -3.90. The van der Waals surface area contributed by atoms with Crippen molar-refractivity contribution in [2.24, 2.45) is 0 Å². The highest BCUT2D eigenvalue weighted by molar-refractivity contribution is 7.85. The number of unbranched alkanes of at least 4 members (excludes halogenated alkanes) is 3. The highest BCUT2D eigenvalue weighted by atomic mass is 32.2. The second kappa shape index (κ2) is 13.8. The normalized spacial score (nSPS) is 11.9. The summed E-state index contributed by atoms with van der Waals surface area (Å²) in [7, 11) is -3.90. The van der Waals surface area contributed by atoms with Crippen molar-refractivity contribution in [2.45, 2.75) is 58.9 Å². The van der Waals surface area contributed by atoms with E-state index < -0.39 is 10.1 Å². The van der Waals surface area contributed by atoms with Gasteiger partial charge in [0.25, 0.3) is 10.1 Å². The van der Waals surface area contributed by atoms with E-state index >= 15 is 0 Å². The van der Waals surface area contributed by atoms with Gasteiger partial charge in [0.15, 0.2) is 12.4 Å². The fourth-order valence-corrected chi connectivity index (χ4v) is 4.13. The number of anilines is 1. The first-order valence-corrected chi connectivity index (χ1v) is 13.4. The van der Waals surface area contributed by atoms with Gasteiger partial charge in [-0.05, 0) is 43.0 Å². The van der Waals surface area contributed by atoms with Crippen LogP contribution in [0.15, 0.2) is 48.8 Å². The van der Waals surface area contributed by atoms with Gasteiger partial charge in [-0.2, -0.15) is 13.7 Å². The number of rotatable bonds is 14. The van der Waals surface area contributed by atoms with E-state index in [0.717, 1.165) is 24.2 Å². The van der Waals surface area contributed by atoms with Gasteiger partial charge in [-0.25, -0.2) is 4.57 Å². The maximum Gasteiger partial charge on any atom is 0.264 e. The van der Waals surface area contributed by atoms with Gasteiger partial charge in [0, 0.05) is 42.9 Å². The van der Waals surface area contributed by atoms with E-state index in [1.807, 2.05) is 35.2 Å². The van der Waals surface area contributed by atoms with Crippen LogP contribution in [0.1, 0.15) is 63.5 Å². The zero-order valence-electron chi connectivity index (χ0n) is 19.8. The topological polar surface area (TPSA) is 85.3 Å². The summed E-state index contributed by atoms with van der Waals surface area (Å²) in [5.41, 5.74) is 3.64. The SMILES string of the molecule is CCCCN(CCCC)c1ccc(/C=C(\C#N)c2cc[n+](CCCCS(=O)(=O)O)cc2)cc1. The van der Waals surface area contributed by atoms with Crippen LogP contribution in [-0.2, 0) is 16.7 Å². The van der Waals surface area contributed by atoms with Crippen LogP contribution in [0.4, 0.5) is 5.69 Å². The first-order chi connectivity index (χ1) is 15.9. The molecular weight excluding hydrogens is 434 g/mol. The number of benzene rings is 1. The average Bonchev–Trinajstić information content (AvgIpc) is 2.81. The largest absolute Gasteiger partial charge is 0.372 e. The third-order valence-corrected chi connectivity index (χ3v) is 6.33. The molecule has 1 aromatic heterocycles. The third-order valence-electron chi connectivity index (χ3n) is 5.52. The van der Waals surface area contributed by atoms with Gasteiger partial charge < -0.3 is 4.90 Å². The molecule has 0 saturated carbocycles. The first kappa shape index (κ1) is 26.6. The summed E-state index contributed by atoms with van der Waals surface area (Å²) in [6, 6.07) is 14.5. The van der Waals surface area contributed by atoms with Crippen LogP contribution in [0.2, 0.25) is 0 Å². The predicted molar refractivity (Wildman–Crippen MR) is 134 cm³/mol. The Hall–Kier alpha value is -2.69. The molecule has 0 aliphatic carbocycles. The minimum absolute atomic E-state index is 0.222. The maximum atomic E-state index is 10.8. The van der Waals surface area contributed by atoms with Crippen molar-refractivity contribution in [2.75, 3.05) is 23.7 Å². The van der Waals surface area contributed by atoms with Crippen LogP contribution >= 0.6 is 0 Å². The number of hydrogen-bond acceptors (Lipinski definition) is 4. The molecule has 178 valence electrons. The average molecular weight is 471 g/mol. The summed E-state index contributed by atoms with van der Waals surface area (Å²) < 4.78 is 32.3. The van der Waals surface area contributed by atoms with Gasteiger partial charge in [-0.1, -0.05) is 38.8 Å². The van der Waals surface area contributed by atoms with Gasteiger partial charge in [-0.15, -0.1) is 0 Å². The summed E-state index contributed by atoms with van der Waals surface area (Å²) in [6.07, 6.45) is 11.4. The zero-order valence-corrected chi connectivity index (χ0v) is 20.6. The summed E-state index contributed by atoms with van der Waals surface area (Å²) in [5, 5.41) is 9.68. The summed E-state index contributed by atoms with van der Waals surface area (Å²) in [4.78, 5) is 2.44. The van der Waals surface area contributed by atoms with Crippen LogP contribution < -0.4 is 9.47 Å². The molecule has 2 rings (SSSR count). The van der Waals surface area contributed by atoms with Crippen molar-refractivity contribution in [1.29, 1.82) is 5.26 Å². The Kier molecular flexibility index (Phi) is 11.1. The maximum absolute atomic E-state index is 10.8. The molecular formula is C26H36N3O3S+. The highest BCUT2D eigenvalue weighted by Gasteiger charge is 2.09. The Morgan fingerprint density at radius 3 is 2.12 bits per heavy atom. The Bertz CT molecular complexity index is 1020. The van der Waals surface area contributed by atoms with Crippen molar-refractivity contribution in [1.82, 2.24) is 0 Å². The molecule has 0 saturated heterocycles. The van der Waals surface area contributed by atoms with E-state index in [9.17, 15) is 13.7 Å². The number of hydrogen-bond donors (Lipinski definition) is 1. The molecule has 0 aliphatic rings. The Morgan fingerprint density at radius 2 is 1.61 bits per heavy atom. The number of allylic oxidation sites excluding steroid dienone is 1.